The number of methoxy groups -OCH3 is 1. The van der Waals surface area contributed by atoms with Crippen LogP contribution in [0.5, 0.6) is 5.75 Å². The fourth-order valence-corrected chi connectivity index (χ4v) is 2.19. The number of hydrogen-bond donors (Lipinski definition) is 1. The third-order valence-electron chi connectivity index (χ3n) is 3.27. The summed E-state index contributed by atoms with van der Waals surface area (Å²) in [4.78, 5) is 13.8. The van der Waals surface area contributed by atoms with Crippen molar-refractivity contribution >= 4 is 12.0 Å². The lowest BCUT2D eigenvalue weighted by molar-refractivity contribution is -0.127. The Labute approximate surface area is 118 Å². The summed E-state index contributed by atoms with van der Waals surface area (Å²) in [6.45, 7) is 4.24. The Bertz CT molecular complexity index is 517. The van der Waals surface area contributed by atoms with E-state index in [0.29, 0.717) is 24.7 Å². The number of rotatable bonds is 3. The van der Waals surface area contributed by atoms with E-state index in [9.17, 15) is 9.18 Å². The van der Waals surface area contributed by atoms with Crippen LogP contribution in [0.15, 0.2) is 24.3 Å². The summed E-state index contributed by atoms with van der Waals surface area (Å²) in [7, 11) is 1.42. The summed E-state index contributed by atoms with van der Waals surface area (Å²) in [5.41, 5.74) is 0.639. The molecule has 0 bridgehead atoms. The Morgan fingerprint density at radius 3 is 3.00 bits per heavy atom. The van der Waals surface area contributed by atoms with E-state index in [1.165, 1.54) is 19.3 Å². The third-order valence-corrected chi connectivity index (χ3v) is 3.27. The Balaban J connectivity index is 2.01. The van der Waals surface area contributed by atoms with Gasteiger partial charge in [-0.3, -0.25) is 4.79 Å². The average molecular weight is 278 g/mol. The van der Waals surface area contributed by atoms with E-state index in [-0.39, 0.29) is 11.7 Å². The zero-order valence-corrected chi connectivity index (χ0v) is 11.7. The third kappa shape index (κ3) is 3.57. The van der Waals surface area contributed by atoms with Crippen LogP contribution >= 0.6 is 0 Å². The van der Waals surface area contributed by atoms with Crippen LogP contribution in [0.4, 0.5) is 4.39 Å². The molecule has 4 nitrogen and oxygen atoms in total. The van der Waals surface area contributed by atoms with Crippen LogP contribution in [0.25, 0.3) is 6.08 Å². The number of nitrogens with zero attached hydrogens (tertiary/aromatic N) is 1. The molecule has 108 valence electrons. The molecular weight excluding hydrogens is 259 g/mol. The van der Waals surface area contributed by atoms with E-state index >= 15 is 0 Å². The van der Waals surface area contributed by atoms with Crippen molar-refractivity contribution in [3.05, 3.63) is 35.7 Å². The maximum Gasteiger partial charge on any atom is 0.246 e. The van der Waals surface area contributed by atoms with Crippen LogP contribution in [0.1, 0.15) is 12.5 Å². The van der Waals surface area contributed by atoms with Crippen molar-refractivity contribution in [3.8, 4) is 5.75 Å². The first-order valence-corrected chi connectivity index (χ1v) is 6.64. The standard InChI is InChI=1S/C15H19FN2O2/c1-11-10-18(8-7-17-11)15(19)6-4-12-3-5-14(20-2)13(16)9-12/h3-6,9,11,17H,7-8,10H2,1-2H3/b6-4+. The summed E-state index contributed by atoms with van der Waals surface area (Å²) >= 11 is 0. The first-order chi connectivity index (χ1) is 9.60. The first kappa shape index (κ1) is 14.5. The minimum atomic E-state index is -0.433. The molecule has 1 amide bonds. The normalized spacial score (nSPS) is 19.4. The quantitative estimate of drug-likeness (QED) is 0.855. The van der Waals surface area contributed by atoms with Gasteiger partial charge in [0.15, 0.2) is 11.6 Å². The molecule has 1 N–H and O–H groups in total. The van der Waals surface area contributed by atoms with Crippen molar-refractivity contribution in [2.75, 3.05) is 26.7 Å². The Hall–Kier alpha value is -1.88. The zero-order chi connectivity index (χ0) is 14.5. The van der Waals surface area contributed by atoms with Crippen LogP contribution in [0.3, 0.4) is 0 Å². The molecule has 2 rings (SSSR count). The largest absolute Gasteiger partial charge is 0.494 e. The van der Waals surface area contributed by atoms with E-state index in [2.05, 4.69) is 5.32 Å². The second-order valence-corrected chi connectivity index (χ2v) is 4.87. The molecule has 1 aromatic rings. The van der Waals surface area contributed by atoms with Gasteiger partial charge >= 0.3 is 0 Å². The molecule has 1 aliphatic rings. The van der Waals surface area contributed by atoms with Gasteiger partial charge in [-0.25, -0.2) is 4.39 Å². The minimum absolute atomic E-state index is 0.0467. The number of amides is 1. The molecule has 0 radical (unpaired) electrons. The minimum Gasteiger partial charge on any atom is -0.494 e. The highest BCUT2D eigenvalue weighted by atomic mass is 19.1. The van der Waals surface area contributed by atoms with E-state index < -0.39 is 5.82 Å². The van der Waals surface area contributed by atoms with Crippen LogP contribution in [0.2, 0.25) is 0 Å². The van der Waals surface area contributed by atoms with Gasteiger partial charge in [-0.2, -0.15) is 0 Å². The fraction of sp³-hybridized carbons (Fsp3) is 0.400. The maximum absolute atomic E-state index is 13.5. The second kappa shape index (κ2) is 6.52. The van der Waals surface area contributed by atoms with Crippen LogP contribution < -0.4 is 10.1 Å². The monoisotopic (exact) mass is 278 g/mol. The summed E-state index contributed by atoms with van der Waals surface area (Å²) < 4.78 is 18.4. The van der Waals surface area contributed by atoms with E-state index in [1.807, 2.05) is 6.92 Å². The molecule has 0 aliphatic carbocycles. The smallest absolute Gasteiger partial charge is 0.246 e. The highest BCUT2D eigenvalue weighted by Gasteiger charge is 2.18. The van der Waals surface area contributed by atoms with Gasteiger partial charge in [0.05, 0.1) is 7.11 Å². The number of hydrogen-bond acceptors (Lipinski definition) is 3. The first-order valence-electron chi connectivity index (χ1n) is 6.64. The van der Waals surface area contributed by atoms with Crippen molar-refractivity contribution in [3.63, 3.8) is 0 Å². The van der Waals surface area contributed by atoms with Gasteiger partial charge in [-0.15, -0.1) is 0 Å². The van der Waals surface area contributed by atoms with Crippen LogP contribution in [0, 0.1) is 5.82 Å². The molecular formula is C15H19FN2O2. The molecule has 0 saturated carbocycles. The predicted octanol–water partition coefficient (Wildman–Crippen LogP) is 1.67. The number of carbonyl (C=O) groups excluding carboxylic acids is 1. The number of carbonyl (C=O) groups is 1. The molecule has 1 aliphatic heterocycles. The topological polar surface area (TPSA) is 41.6 Å². The van der Waals surface area contributed by atoms with Gasteiger partial charge in [-0.05, 0) is 30.7 Å². The average Bonchev–Trinajstić information content (AvgIpc) is 2.45. The number of ether oxygens (including phenoxy) is 1. The number of benzene rings is 1. The molecule has 5 heteroatoms. The van der Waals surface area contributed by atoms with Gasteiger partial charge < -0.3 is 15.0 Å². The Morgan fingerprint density at radius 2 is 2.35 bits per heavy atom. The van der Waals surface area contributed by atoms with Crippen molar-refractivity contribution in [2.24, 2.45) is 0 Å². The molecule has 1 aromatic carbocycles. The zero-order valence-electron chi connectivity index (χ0n) is 11.7. The fourth-order valence-electron chi connectivity index (χ4n) is 2.19. The lowest BCUT2D eigenvalue weighted by atomic mass is 10.2. The molecule has 0 aromatic heterocycles. The highest BCUT2D eigenvalue weighted by Crippen LogP contribution is 2.18. The highest BCUT2D eigenvalue weighted by molar-refractivity contribution is 5.91. The summed E-state index contributed by atoms with van der Waals surface area (Å²) in [5.74, 6) is -0.281. The van der Waals surface area contributed by atoms with E-state index in [4.69, 9.17) is 4.74 Å². The van der Waals surface area contributed by atoms with Gasteiger partial charge in [0.25, 0.3) is 0 Å². The van der Waals surface area contributed by atoms with Crippen LogP contribution in [-0.2, 0) is 4.79 Å². The van der Waals surface area contributed by atoms with Crippen molar-refractivity contribution in [1.29, 1.82) is 0 Å². The molecule has 1 heterocycles. The van der Waals surface area contributed by atoms with E-state index in [0.717, 1.165) is 6.54 Å². The lowest BCUT2D eigenvalue weighted by Gasteiger charge is -2.31. The summed E-state index contributed by atoms with van der Waals surface area (Å²) in [6, 6.07) is 4.92. The number of halogens is 1. The molecule has 20 heavy (non-hydrogen) atoms. The van der Waals surface area contributed by atoms with E-state index in [1.54, 1.807) is 23.1 Å². The molecule has 0 spiro atoms. The van der Waals surface area contributed by atoms with Gasteiger partial charge in [0.2, 0.25) is 5.91 Å². The number of piperazine rings is 1. The predicted molar refractivity (Wildman–Crippen MR) is 76.0 cm³/mol. The Morgan fingerprint density at radius 1 is 1.55 bits per heavy atom. The SMILES string of the molecule is COc1ccc(/C=C/C(=O)N2CCNC(C)C2)cc1F. The molecule has 1 atom stereocenters. The second-order valence-electron chi connectivity index (χ2n) is 4.87. The van der Waals surface area contributed by atoms with Gasteiger partial charge in [-0.1, -0.05) is 6.07 Å². The Kier molecular flexibility index (Phi) is 4.74. The number of nitrogens with one attached hydrogen (secondary N) is 1. The van der Waals surface area contributed by atoms with Gasteiger partial charge in [0.1, 0.15) is 0 Å². The maximum atomic E-state index is 13.5. The van der Waals surface area contributed by atoms with Crippen molar-refractivity contribution < 1.29 is 13.9 Å². The molecule has 1 unspecified atom stereocenters. The van der Waals surface area contributed by atoms with Crippen LogP contribution in [-0.4, -0.2) is 43.6 Å². The van der Waals surface area contributed by atoms with Crippen molar-refractivity contribution in [2.45, 2.75) is 13.0 Å². The lowest BCUT2D eigenvalue weighted by Crippen LogP contribution is -2.50. The van der Waals surface area contributed by atoms with Crippen molar-refractivity contribution in [1.82, 2.24) is 10.2 Å². The molecule has 1 saturated heterocycles. The van der Waals surface area contributed by atoms with Gasteiger partial charge in [0, 0.05) is 31.8 Å². The summed E-state index contributed by atoms with van der Waals surface area (Å²) in [5, 5.41) is 3.28. The molecule has 1 fully saturated rings. The summed E-state index contributed by atoms with van der Waals surface area (Å²) in [6.07, 6.45) is 3.11.